The number of rotatable bonds is 2. The largest absolute Gasteiger partial charge is 0.345 e. The van der Waals surface area contributed by atoms with Gasteiger partial charge >= 0.3 is 0 Å². The number of carbonyl (C=O) groups excluding carboxylic acids is 1. The Morgan fingerprint density at radius 2 is 2.05 bits per heavy atom. The second kappa shape index (κ2) is 5.68. The zero-order valence-corrected chi connectivity index (χ0v) is 12.0. The van der Waals surface area contributed by atoms with Crippen LogP contribution in [0.2, 0.25) is 0 Å². The summed E-state index contributed by atoms with van der Waals surface area (Å²) in [6.45, 7) is 1.69. The van der Waals surface area contributed by atoms with Crippen molar-refractivity contribution < 1.29 is 9.18 Å². The summed E-state index contributed by atoms with van der Waals surface area (Å²) in [7, 11) is 0. The number of fused-ring (bicyclic) bond motifs is 1. The Morgan fingerprint density at radius 1 is 1.24 bits per heavy atom. The van der Waals surface area contributed by atoms with Crippen molar-refractivity contribution >= 4 is 5.91 Å². The lowest BCUT2D eigenvalue weighted by molar-refractivity contribution is 0.0932. The summed E-state index contributed by atoms with van der Waals surface area (Å²) in [6.07, 6.45) is 3.04. The summed E-state index contributed by atoms with van der Waals surface area (Å²) in [5.41, 5.74) is 3.41. The Bertz CT molecular complexity index is 681. The molecule has 21 heavy (non-hydrogen) atoms. The summed E-state index contributed by atoms with van der Waals surface area (Å²) >= 11 is 0. The van der Waals surface area contributed by atoms with Crippen LogP contribution in [0.4, 0.5) is 4.39 Å². The zero-order valence-electron chi connectivity index (χ0n) is 12.0. The monoisotopic (exact) mass is 283 g/mol. The normalized spacial score (nSPS) is 17.1. The third-order valence-corrected chi connectivity index (χ3v) is 4.11. The maximum Gasteiger partial charge on any atom is 0.251 e. The molecule has 0 heterocycles. The van der Waals surface area contributed by atoms with Crippen LogP contribution in [0.25, 0.3) is 0 Å². The lowest BCUT2D eigenvalue weighted by Gasteiger charge is -2.26. The minimum Gasteiger partial charge on any atom is -0.345 e. The Balaban J connectivity index is 1.81. The van der Waals surface area contributed by atoms with E-state index in [0.29, 0.717) is 11.1 Å². The van der Waals surface area contributed by atoms with Crippen LogP contribution < -0.4 is 5.32 Å². The number of hydrogen-bond donors (Lipinski definition) is 1. The highest BCUT2D eigenvalue weighted by molar-refractivity contribution is 5.94. The Hall–Kier alpha value is -2.16. The van der Waals surface area contributed by atoms with Gasteiger partial charge in [-0.3, -0.25) is 4.79 Å². The number of amides is 1. The van der Waals surface area contributed by atoms with Crippen LogP contribution in [-0.4, -0.2) is 5.91 Å². The number of hydrogen-bond acceptors (Lipinski definition) is 1. The van der Waals surface area contributed by atoms with Gasteiger partial charge in [0, 0.05) is 5.56 Å². The molecule has 0 saturated heterocycles. The van der Waals surface area contributed by atoms with Gasteiger partial charge in [0.1, 0.15) is 5.82 Å². The van der Waals surface area contributed by atoms with Crippen molar-refractivity contribution in [1.82, 2.24) is 5.32 Å². The van der Waals surface area contributed by atoms with E-state index in [1.54, 1.807) is 19.1 Å². The minimum absolute atomic E-state index is 0.0202. The molecule has 0 aromatic heterocycles. The molecule has 1 aliphatic rings. The predicted molar refractivity (Wildman–Crippen MR) is 80.7 cm³/mol. The Labute approximate surface area is 124 Å². The molecule has 0 saturated carbocycles. The fourth-order valence-corrected chi connectivity index (χ4v) is 2.88. The summed E-state index contributed by atoms with van der Waals surface area (Å²) < 4.78 is 13.6. The fraction of sp³-hybridized carbons (Fsp3) is 0.278. The van der Waals surface area contributed by atoms with E-state index in [0.717, 1.165) is 19.3 Å². The molecule has 1 amide bonds. The summed E-state index contributed by atoms with van der Waals surface area (Å²) in [5, 5.41) is 3.03. The van der Waals surface area contributed by atoms with E-state index >= 15 is 0 Å². The topological polar surface area (TPSA) is 29.1 Å². The van der Waals surface area contributed by atoms with Crippen molar-refractivity contribution in [1.29, 1.82) is 0 Å². The molecule has 1 N–H and O–H groups in total. The number of carbonyl (C=O) groups is 1. The molecule has 0 bridgehead atoms. The second-order valence-electron chi connectivity index (χ2n) is 5.58. The molecule has 3 rings (SSSR count). The van der Waals surface area contributed by atoms with E-state index in [-0.39, 0.29) is 17.8 Å². The molecule has 0 aliphatic heterocycles. The number of nitrogens with one attached hydrogen (secondary N) is 1. The summed E-state index contributed by atoms with van der Waals surface area (Å²) in [5.74, 6) is -0.553. The first-order valence-electron chi connectivity index (χ1n) is 7.30. The lowest BCUT2D eigenvalue weighted by Crippen LogP contribution is -2.31. The van der Waals surface area contributed by atoms with Crippen LogP contribution in [0.1, 0.15) is 45.9 Å². The third-order valence-electron chi connectivity index (χ3n) is 4.11. The first-order chi connectivity index (χ1) is 10.1. The Kier molecular flexibility index (Phi) is 3.74. The number of halogens is 1. The number of aryl methyl sites for hydroxylation is 2. The molecule has 2 nitrogen and oxygen atoms in total. The van der Waals surface area contributed by atoms with Gasteiger partial charge in [-0.25, -0.2) is 4.39 Å². The first-order valence-corrected chi connectivity index (χ1v) is 7.30. The summed E-state index contributed by atoms with van der Waals surface area (Å²) in [6, 6.07) is 12.8. The van der Waals surface area contributed by atoms with Crippen LogP contribution in [0.5, 0.6) is 0 Å². The van der Waals surface area contributed by atoms with E-state index in [4.69, 9.17) is 0 Å². The van der Waals surface area contributed by atoms with Gasteiger partial charge in [0.05, 0.1) is 6.04 Å². The minimum atomic E-state index is -0.341. The molecule has 0 unspecified atom stereocenters. The van der Waals surface area contributed by atoms with Crippen LogP contribution >= 0.6 is 0 Å². The third kappa shape index (κ3) is 2.82. The molecule has 0 radical (unpaired) electrons. The molecular weight excluding hydrogens is 265 g/mol. The highest BCUT2D eigenvalue weighted by atomic mass is 19.1. The Morgan fingerprint density at radius 3 is 2.86 bits per heavy atom. The van der Waals surface area contributed by atoms with Gasteiger partial charge in [0.25, 0.3) is 5.91 Å². The molecule has 0 fully saturated rings. The predicted octanol–water partition coefficient (Wildman–Crippen LogP) is 3.94. The van der Waals surface area contributed by atoms with Gasteiger partial charge in [-0.2, -0.15) is 0 Å². The molecule has 1 atom stereocenters. The molecule has 2 aromatic rings. The highest BCUT2D eigenvalue weighted by Crippen LogP contribution is 2.29. The van der Waals surface area contributed by atoms with E-state index in [1.807, 2.05) is 12.1 Å². The van der Waals surface area contributed by atoms with Crippen molar-refractivity contribution in [2.75, 3.05) is 0 Å². The molecule has 0 spiro atoms. The van der Waals surface area contributed by atoms with E-state index in [1.165, 1.54) is 17.2 Å². The van der Waals surface area contributed by atoms with Crippen molar-refractivity contribution in [2.24, 2.45) is 0 Å². The maximum absolute atomic E-state index is 13.6. The standard InChI is InChI=1S/C18H18FNO/c1-12-9-10-14(11-16(12)19)18(21)20-17-8-4-6-13-5-2-3-7-15(13)17/h2-3,5,7,9-11,17H,4,6,8H2,1H3,(H,20,21)/t17-/m0/s1. The van der Waals surface area contributed by atoms with Gasteiger partial charge < -0.3 is 5.32 Å². The van der Waals surface area contributed by atoms with Gasteiger partial charge in [0.15, 0.2) is 0 Å². The second-order valence-corrected chi connectivity index (χ2v) is 5.58. The lowest BCUT2D eigenvalue weighted by atomic mass is 9.87. The average molecular weight is 283 g/mol. The zero-order chi connectivity index (χ0) is 14.8. The van der Waals surface area contributed by atoms with Gasteiger partial charge in [-0.1, -0.05) is 30.3 Å². The van der Waals surface area contributed by atoms with Crippen LogP contribution in [-0.2, 0) is 6.42 Å². The van der Waals surface area contributed by atoms with Crippen molar-refractivity contribution in [2.45, 2.75) is 32.2 Å². The van der Waals surface area contributed by atoms with Crippen LogP contribution in [0.15, 0.2) is 42.5 Å². The quantitative estimate of drug-likeness (QED) is 0.888. The highest BCUT2D eigenvalue weighted by Gasteiger charge is 2.22. The van der Waals surface area contributed by atoms with E-state index < -0.39 is 0 Å². The molecule has 1 aliphatic carbocycles. The SMILES string of the molecule is Cc1ccc(C(=O)N[C@H]2CCCc3ccccc32)cc1F. The van der Waals surface area contributed by atoms with Crippen LogP contribution in [0, 0.1) is 12.7 Å². The summed E-state index contributed by atoms with van der Waals surface area (Å²) in [4.78, 5) is 12.3. The molecule has 2 aromatic carbocycles. The fourth-order valence-electron chi connectivity index (χ4n) is 2.88. The van der Waals surface area contributed by atoms with E-state index in [9.17, 15) is 9.18 Å². The average Bonchev–Trinajstić information content (AvgIpc) is 2.50. The van der Waals surface area contributed by atoms with Crippen molar-refractivity contribution in [3.05, 3.63) is 70.5 Å². The van der Waals surface area contributed by atoms with Gasteiger partial charge in [0.2, 0.25) is 0 Å². The number of benzene rings is 2. The first kappa shape index (κ1) is 13.8. The van der Waals surface area contributed by atoms with Crippen LogP contribution in [0.3, 0.4) is 0 Å². The molecular formula is C18H18FNO. The molecule has 108 valence electrons. The smallest absolute Gasteiger partial charge is 0.251 e. The maximum atomic E-state index is 13.6. The molecule has 3 heteroatoms. The van der Waals surface area contributed by atoms with Gasteiger partial charge in [-0.05, 0) is 55.0 Å². The van der Waals surface area contributed by atoms with Gasteiger partial charge in [-0.15, -0.1) is 0 Å². The van der Waals surface area contributed by atoms with Crippen molar-refractivity contribution in [3.8, 4) is 0 Å². The van der Waals surface area contributed by atoms with Crippen molar-refractivity contribution in [3.63, 3.8) is 0 Å². The van der Waals surface area contributed by atoms with E-state index in [2.05, 4.69) is 17.4 Å².